The normalized spacial score (nSPS) is 20.5. The van der Waals surface area contributed by atoms with Gasteiger partial charge in [0.1, 0.15) is 0 Å². The number of carboxylic acid groups (broad SMARTS) is 1. The number of carbonyl (C=O) groups is 2. The lowest BCUT2D eigenvalue weighted by Gasteiger charge is -2.24. The molecule has 1 aliphatic heterocycles. The van der Waals surface area contributed by atoms with E-state index < -0.39 is 12.0 Å². The Kier molecular flexibility index (Phi) is 4.52. The Morgan fingerprint density at radius 3 is 2.58 bits per heavy atom. The van der Waals surface area contributed by atoms with Gasteiger partial charge in [-0.1, -0.05) is 36.8 Å². The molecule has 19 heavy (non-hydrogen) atoms. The van der Waals surface area contributed by atoms with Crippen molar-refractivity contribution in [1.82, 2.24) is 10.6 Å². The second kappa shape index (κ2) is 6.33. The summed E-state index contributed by atoms with van der Waals surface area (Å²) in [4.78, 5) is 23.3. The fraction of sp³-hybridized carbons (Fsp3) is 0.429. The van der Waals surface area contributed by atoms with Crippen LogP contribution in [0.1, 0.15) is 30.9 Å². The molecule has 102 valence electrons. The van der Waals surface area contributed by atoms with Crippen molar-refractivity contribution < 1.29 is 14.7 Å². The SMILES string of the molecule is O=C(O)C(NC(=O)[C@H]1CCCCN1)c1ccccc1. The van der Waals surface area contributed by atoms with Gasteiger partial charge < -0.3 is 15.7 Å². The fourth-order valence-electron chi connectivity index (χ4n) is 2.25. The maximum Gasteiger partial charge on any atom is 0.330 e. The number of carbonyl (C=O) groups excluding carboxylic acids is 1. The molecule has 0 aromatic heterocycles. The van der Waals surface area contributed by atoms with E-state index in [1.165, 1.54) is 0 Å². The van der Waals surface area contributed by atoms with Crippen LogP contribution in [0, 0.1) is 0 Å². The van der Waals surface area contributed by atoms with Gasteiger partial charge in [-0.25, -0.2) is 4.79 Å². The molecule has 0 aliphatic carbocycles. The Labute approximate surface area is 112 Å². The van der Waals surface area contributed by atoms with Crippen molar-refractivity contribution in [2.75, 3.05) is 6.54 Å². The Morgan fingerprint density at radius 2 is 2.00 bits per heavy atom. The third-order valence-electron chi connectivity index (χ3n) is 3.29. The summed E-state index contributed by atoms with van der Waals surface area (Å²) >= 11 is 0. The molecule has 2 rings (SSSR count). The molecule has 1 aliphatic rings. The summed E-state index contributed by atoms with van der Waals surface area (Å²) in [6, 6.07) is 7.47. The third kappa shape index (κ3) is 3.54. The summed E-state index contributed by atoms with van der Waals surface area (Å²) in [6.45, 7) is 0.807. The van der Waals surface area contributed by atoms with E-state index in [1.54, 1.807) is 24.3 Å². The van der Waals surface area contributed by atoms with E-state index in [9.17, 15) is 14.7 Å². The first-order valence-electron chi connectivity index (χ1n) is 6.50. The second-order valence-corrected chi connectivity index (χ2v) is 4.69. The summed E-state index contributed by atoms with van der Waals surface area (Å²) in [7, 11) is 0. The topological polar surface area (TPSA) is 78.4 Å². The predicted octanol–water partition coefficient (Wildman–Crippen LogP) is 1.07. The minimum Gasteiger partial charge on any atom is -0.479 e. The highest BCUT2D eigenvalue weighted by molar-refractivity contribution is 5.87. The van der Waals surface area contributed by atoms with Gasteiger partial charge in [-0.05, 0) is 24.9 Å². The van der Waals surface area contributed by atoms with Crippen molar-refractivity contribution in [1.29, 1.82) is 0 Å². The molecule has 1 saturated heterocycles. The third-order valence-corrected chi connectivity index (χ3v) is 3.29. The Hall–Kier alpha value is -1.88. The van der Waals surface area contributed by atoms with Crippen molar-refractivity contribution >= 4 is 11.9 Å². The Bertz CT molecular complexity index is 441. The number of aliphatic carboxylic acids is 1. The quantitative estimate of drug-likeness (QED) is 0.758. The van der Waals surface area contributed by atoms with E-state index in [4.69, 9.17) is 0 Å². The number of amides is 1. The average molecular weight is 262 g/mol. The molecule has 1 amide bonds. The standard InChI is InChI=1S/C14H18N2O3/c17-13(11-8-4-5-9-15-11)16-12(14(18)19)10-6-2-1-3-7-10/h1-3,6-7,11-12,15H,4-5,8-9H2,(H,16,17)(H,18,19)/t11-,12?/m1/s1. The molecule has 0 bridgehead atoms. The van der Waals surface area contributed by atoms with Crippen molar-refractivity contribution in [3.05, 3.63) is 35.9 Å². The smallest absolute Gasteiger partial charge is 0.330 e. The highest BCUT2D eigenvalue weighted by Gasteiger charge is 2.27. The van der Waals surface area contributed by atoms with Crippen LogP contribution in [0.2, 0.25) is 0 Å². The maximum atomic E-state index is 12.0. The van der Waals surface area contributed by atoms with Crippen molar-refractivity contribution in [2.45, 2.75) is 31.3 Å². The first-order chi connectivity index (χ1) is 9.18. The molecule has 0 spiro atoms. The number of hydrogen-bond donors (Lipinski definition) is 3. The van der Waals surface area contributed by atoms with Crippen LogP contribution in [0.3, 0.4) is 0 Å². The molecule has 1 unspecified atom stereocenters. The maximum absolute atomic E-state index is 12.0. The molecule has 5 heteroatoms. The van der Waals surface area contributed by atoms with Gasteiger partial charge in [0.05, 0.1) is 6.04 Å². The van der Waals surface area contributed by atoms with E-state index in [2.05, 4.69) is 10.6 Å². The largest absolute Gasteiger partial charge is 0.479 e. The second-order valence-electron chi connectivity index (χ2n) is 4.69. The highest BCUT2D eigenvalue weighted by Crippen LogP contribution is 2.14. The molecular formula is C14H18N2O3. The molecule has 1 aromatic rings. The summed E-state index contributed by atoms with van der Waals surface area (Å²) in [5.74, 6) is -1.29. The van der Waals surface area contributed by atoms with Crippen LogP contribution in [0.25, 0.3) is 0 Å². The van der Waals surface area contributed by atoms with Crippen molar-refractivity contribution in [3.63, 3.8) is 0 Å². The first-order valence-corrected chi connectivity index (χ1v) is 6.50. The predicted molar refractivity (Wildman–Crippen MR) is 70.6 cm³/mol. The summed E-state index contributed by atoms with van der Waals surface area (Å²) in [5, 5.41) is 14.9. The van der Waals surface area contributed by atoms with E-state index in [-0.39, 0.29) is 11.9 Å². The van der Waals surface area contributed by atoms with E-state index in [1.807, 2.05) is 6.07 Å². The molecular weight excluding hydrogens is 244 g/mol. The molecule has 1 heterocycles. The van der Waals surface area contributed by atoms with Crippen LogP contribution in [0.15, 0.2) is 30.3 Å². The van der Waals surface area contributed by atoms with Crippen LogP contribution in [-0.4, -0.2) is 29.6 Å². The molecule has 3 N–H and O–H groups in total. The average Bonchev–Trinajstić information content (AvgIpc) is 2.46. The van der Waals surface area contributed by atoms with Crippen LogP contribution in [0.4, 0.5) is 0 Å². The van der Waals surface area contributed by atoms with Gasteiger partial charge in [0.15, 0.2) is 6.04 Å². The van der Waals surface area contributed by atoms with Crippen LogP contribution in [0.5, 0.6) is 0 Å². The number of nitrogens with one attached hydrogen (secondary N) is 2. The summed E-state index contributed by atoms with van der Waals surface area (Å²) in [5.41, 5.74) is 0.583. The van der Waals surface area contributed by atoms with E-state index >= 15 is 0 Å². The zero-order valence-corrected chi connectivity index (χ0v) is 10.6. The van der Waals surface area contributed by atoms with Gasteiger partial charge in [0, 0.05) is 0 Å². The fourth-order valence-corrected chi connectivity index (χ4v) is 2.25. The molecule has 1 fully saturated rings. The monoisotopic (exact) mass is 262 g/mol. The minimum atomic E-state index is -1.05. The number of hydrogen-bond acceptors (Lipinski definition) is 3. The summed E-state index contributed by atoms with van der Waals surface area (Å²) in [6.07, 6.45) is 2.81. The lowest BCUT2D eigenvalue weighted by atomic mass is 10.0. The number of benzene rings is 1. The first kappa shape index (κ1) is 13.5. The number of rotatable bonds is 4. The van der Waals surface area contributed by atoms with Gasteiger partial charge in [-0.15, -0.1) is 0 Å². The molecule has 1 aromatic carbocycles. The lowest BCUT2D eigenvalue weighted by molar-refractivity contribution is -0.142. The van der Waals surface area contributed by atoms with Gasteiger partial charge in [-0.3, -0.25) is 4.79 Å². The molecule has 5 nitrogen and oxygen atoms in total. The van der Waals surface area contributed by atoms with E-state index in [0.29, 0.717) is 5.56 Å². The minimum absolute atomic E-state index is 0.240. The van der Waals surface area contributed by atoms with Gasteiger partial charge >= 0.3 is 5.97 Å². The van der Waals surface area contributed by atoms with Crippen LogP contribution in [-0.2, 0) is 9.59 Å². The molecule has 2 atom stereocenters. The van der Waals surface area contributed by atoms with Crippen LogP contribution < -0.4 is 10.6 Å². The van der Waals surface area contributed by atoms with Gasteiger partial charge in [0.2, 0.25) is 5.91 Å². The van der Waals surface area contributed by atoms with Crippen molar-refractivity contribution in [2.24, 2.45) is 0 Å². The molecule has 0 radical (unpaired) electrons. The number of piperidine rings is 1. The van der Waals surface area contributed by atoms with E-state index in [0.717, 1.165) is 25.8 Å². The lowest BCUT2D eigenvalue weighted by Crippen LogP contribution is -2.48. The Morgan fingerprint density at radius 1 is 1.26 bits per heavy atom. The van der Waals surface area contributed by atoms with Crippen molar-refractivity contribution in [3.8, 4) is 0 Å². The Balaban J connectivity index is 2.04. The zero-order valence-electron chi connectivity index (χ0n) is 10.6. The number of carboxylic acids is 1. The van der Waals surface area contributed by atoms with Gasteiger partial charge in [-0.2, -0.15) is 0 Å². The zero-order chi connectivity index (χ0) is 13.7. The molecule has 0 saturated carbocycles. The summed E-state index contributed by atoms with van der Waals surface area (Å²) < 4.78 is 0. The van der Waals surface area contributed by atoms with Gasteiger partial charge in [0.25, 0.3) is 0 Å². The van der Waals surface area contributed by atoms with Crippen LogP contribution >= 0.6 is 0 Å². The highest BCUT2D eigenvalue weighted by atomic mass is 16.4.